The normalized spacial score (nSPS) is 23.4. The van der Waals surface area contributed by atoms with Crippen molar-refractivity contribution >= 4 is 58.7 Å². The summed E-state index contributed by atoms with van der Waals surface area (Å²) in [6.07, 6.45) is 24.6. The lowest BCUT2D eigenvalue weighted by atomic mass is 9.69. The van der Waals surface area contributed by atoms with Gasteiger partial charge in [-0.2, -0.15) is 39.5 Å². The highest BCUT2D eigenvalue weighted by Crippen LogP contribution is 2.43. The SMILES string of the molecule is N#CC1(c2ccc(Nc3nc(N)n(-c4ccccn4)n3)cc2)CCC(N2CCN(C3CC3)CC2)CC1.N#CCC(=O)N1CCN(C2CCC(c3ccc(Nc4nc(N)n(-c5ccccn5)n4)cc3)CC2)CC1.Nc1nc(Nc2ccc(C3CCC(N4CCN(C5CC5)CC4)CC3)cc2)nn1-c1ccccn1. The Morgan fingerprint density at radius 3 is 1.02 bits per heavy atom. The first-order valence-corrected chi connectivity index (χ1v) is 38.3. The van der Waals surface area contributed by atoms with Crippen molar-refractivity contribution in [3.63, 3.8) is 0 Å². The number of aromatic nitrogens is 12. The monoisotopic (exact) mass is 1430 g/mol. The number of hydrogen-bond donors (Lipinski definition) is 6. The van der Waals surface area contributed by atoms with Crippen LogP contribution in [0.25, 0.3) is 17.5 Å². The second-order valence-electron chi connectivity index (χ2n) is 29.7. The van der Waals surface area contributed by atoms with E-state index >= 15 is 0 Å². The average molecular weight is 1430 g/mol. The molecule has 5 aliphatic carbocycles. The van der Waals surface area contributed by atoms with E-state index in [0.29, 0.717) is 65.2 Å². The molecule has 3 saturated heterocycles. The van der Waals surface area contributed by atoms with Gasteiger partial charge in [0.1, 0.15) is 6.42 Å². The van der Waals surface area contributed by atoms with Crippen LogP contribution in [-0.4, -0.2) is 203 Å². The molecule has 3 aromatic carbocycles. The molecule has 1 amide bonds. The molecule has 27 nitrogen and oxygen atoms in total. The fourth-order valence-corrected chi connectivity index (χ4v) is 16.8. The number of rotatable bonds is 18. The van der Waals surface area contributed by atoms with E-state index in [1.807, 2.05) is 77.7 Å². The summed E-state index contributed by atoms with van der Waals surface area (Å²) in [6.45, 7) is 13.1. The minimum absolute atomic E-state index is 0.0155. The number of pyridine rings is 3. The number of nitrogens with zero attached hydrogens (tertiary/aromatic N) is 20. The van der Waals surface area contributed by atoms with Gasteiger partial charge in [0.25, 0.3) is 0 Å². The minimum atomic E-state index is -0.409. The molecule has 0 radical (unpaired) electrons. The first-order chi connectivity index (χ1) is 52.0. The number of nitrogen functional groups attached to an aromatic ring is 3. The minimum Gasteiger partial charge on any atom is -0.368 e. The molecule has 106 heavy (non-hydrogen) atoms. The van der Waals surface area contributed by atoms with Gasteiger partial charge in [-0.1, -0.05) is 54.6 Å². The van der Waals surface area contributed by atoms with Crippen LogP contribution >= 0.6 is 0 Å². The van der Waals surface area contributed by atoms with E-state index in [0.717, 1.165) is 105 Å². The number of hydrogen-bond acceptors (Lipinski definition) is 23. The number of carbonyl (C=O) groups excluding carboxylic acids is 1. The van der Waals surface area contributed by atoms with E-state index < -0.39 is 5.41 Å². The van der Waals surface area contributed by atoms with Gasteiger partial charge in [0.05, 0.1) is 17.6 Å². The molecule has 0 bridgehead atoms. The number of nitriles is 2. The number of carbonyl (C=O) groups is 1. The highest BCUT2D eigenvalue weighted by molar-refractivity contribution is 5.78. The van der Waals surface area contributed by atoms with Crippen molar-refractivity contribution in [1.82, 2.24) is 88.6 Å². The van der Waals surface area contributed by atoms with Crippen molar-refractivity contribution in [1.29, 1.82) is 10.5 Å². The fourth-order valence-electron chi connectivity index (χ4n) is 16.8. The summed E-state index contributed by atoms with van der Waals surface area (Å²) >= 11 is 0. The summed E-state index contributed by atoms with van der Waals surface area (Å²) in [5, 5.41) is 42.0. The molecule has 6 aromatic heterocycles. The Bertz CT molecular complexity index is 4390. The number of nitrogens with one attached hydrogen (secondary N) is 3. The molecule has 5 saturated carbocycles. The fraction of sp³-hybridized carbons (Fsp3) is 0.468. The Hall–Kier alpha value is -10.4. The first kappa shape index (κ1) is 71.2. The summed E-state index contributed by atoms with van der Waals surface area (Å²) in [5.41, 5.74) is 24.3. The Kier molecular flexibility index (Phi) is 22.1. The van der Waals surface area contributed by atoms with Gasteiger partial charge in [0.2, 0.25) is 41.6 Å². The lowest BCUT2D eigenvalue weighted by Gasteiger charge is -2.44. The van der Waals surface area contributed by atoms with Crippen LogP contribution in [-0.2, 0) is 10.2 Å². The Labute approximate surface area is 620 Å². The summed E-state index contributed by atoms with van der Waals surface area (Å²) in [7, 11) is 0. The van der Waals surface area contributed by atoms with E-state index in [4.69, 9.17) is 22.5 Å². The second kappa shape index (κ2) is 32.9. The quantitative estimate of drug-likeness (QED) is 0.0465. The number of amides is 1. The van der Waals surface area contributed by atoms with Crippen LogP contribution in [0, 0.1) is 22.7 Å². The molecule has 0 atom stereocenters. The predicted molar refractivity (Wildman–Crippen MR) is 410 cm³/mol. The topological polar surface area (TPSA) is 329 Å². The summed E-state index contributed by atoms with van der Waals surface area (Å²) in [4.78, 5) is 52.9. The van der Waals surface area contributed by atoms with Gasteiger partial charge in [-0.3, -0.25) is 29.3 Å². The van der Waals surface area contributed by atoms with Crippen molar-refractivity contribution in [2.75, 3.05) is 112 Å². The van der Waals surface area contributed by atoms with E-state index in [9.17, 15) is 10.1 Å². The summed E-state index contributed by atoms with van der Waals surface area (Å²) in [5.74, 6) is 5.22. The molecule has 17 rings (SSSR count). The van der Waals surface area contributed by atoms with Crippen LogP contribution in [0.4, 0.5) is 52.8 Å². The van der Waals surface area contributed by atoms with Crippen molar-refractivity contribution < 1.29 is 4.79 Å². The predicted octanol–water partition coefficient (Wildman–Crippen LogP) is 10.3. The maximum atomic E-state index is 11.9. The van der Waals surface area contributed by atoms with Crippen LogP contribution in [0.1, 0.15) is 138 Å². The van der Waals surface area contributed by atoms with Crippen LogP contribution in [0.3, 0.4) is 0 Å². The Morgan fingerprint density at radius 1 is 0.406 bits per heavy atom. The summed E-state index contributed by atoms with van der Waals surface area (Å²) < 4.78 is 4.56. The highest BCUT2D eigenvalue weighted by atomic mass is 16.2. The standard InChI is InChI=1S/C27H33N9.C26H31N9O.C26H34N8/c28-19-27(12-10-23(11-13-27)35-17-15-34(16-18-35)22-8-9-22)20-4-6-21(7-5-20)31-26-32-25(29)36(33-26)24-3-1-2-14-30-24;27-13-12-24(36)34-17-15-33(16-18-34)22-10-6-20(7-11-22)19-4-8-21(9-5-19)30-26-31-25(28)35(32-26)23-3-1-2-14-29-23;27-25-30-26(31-34(25)24-3-1-2-14-28-24)29-21-8-4-19(5-9-21)20-6-10-22(11-7-20)32-15-17-33(18-16-32)23-12-13-23/h1-7,14,22-23H,8-13,15-18H2,(H3,29,31,32,33);1-5,8-9,14,20,22H,6-7,10-12,15-18H2,(H3,28,30,31,32);1-5,8-9,14,20,22-23H,6-7,10-13,15-18H2,(H3,27,29,30,31). The number of benzene rings is 3. The van der Waals surface area contributed by atoms with Gasteiger partial charge in [-0.25, -0.2) is 15.0 Å². The lowest BCUT2D eigenvalue weighted by molar-refractivity contribution is -0.132. The molecular weight excluding hydrogens is 1330 g/mol. The van der Waals surface area contributed by atoms with Gasteiger partial charge in [-0.05, 0) is 204 Å². The zero-order chi connectivity index (χ0) is 72.4. The molecule has 9 aromatic rings. The lowest BCUT2D eigenvalue weighted by Crippen LogP contribution is -2.52. The van der Waals surface area contributed by atoms with Crippen LogP contribution < -0.4 is 33.2 Å². The van der Waals surface area contributed by atoms with Gasteiger partial charge in [-0.15, -0.1) is 15.3 Å². The third kappa shape index (κ3) is 17.3. The van der Waals surface area contributed by atoms with Crippen molar-refractivity contribution in [3.8, 4) is 29.6 Å². The zero-order valence-electron chi connectivity index (χ0n) is 60.5. The van der Waals surface area contributed by atoms with Crippen molar-refractivity contribution in [2.24, 2.45) is 0 Å². The molecule has 0 unspecified atom stereocenters. The van der Waals surface area contributed by atoms with Gasteiger partial charge in [0, 0.05) is 144 Å². The van der Waals surface area contributed by atoms with Gasteiger partial charge < -0.3 is 38.1 Å². The summed E-state index contributed by atoms with van der Waals surface area (Å²) in [6, 6.07) is 50.5. The molecular formula is C79H98N26O. The Balaban J connectivity index is 0.000000127. The number of piperazine rings is 3. The highest BCUT2D eigenvalue weighted by Gasteiger charge is 2.41. The third-order valence-corrected chi connectivity index (χ3v) is 23.2. The van der Waals surface area contributed by atoms with E-state index in [2.05, 4.69) is 152 Å². The average Bonchev–Trinajstić information content (AvgIpc) is 1.41. The Morgan fingerprint density at radius 2 is 0.717 bits per heavy atom. The van der Waals surface area contributed by atoms with Crippen molar-refractivity contribution in [3.05, 3.63) is 163 Å². The molecule has 8 fully saturated rings. The number of nitrogens with two attached hydrogens (primary N) is 3. The molecule has 0 spiro atoms. The van der Waals surface area contributed by atoms with Gasteiger partial charge in [0.15, 0.2) is 17.5 Å². The molecule has 9 N–H and O–H groups in total. The van der Waals surface area contributed by atoms with Gasteiger partial charge >= 0.3 is 0 Å². The van der Waals surface area contributed by atoms with E-state index in [-0.39, 0.29) is 24.2 Å². The largest absolute Gasteiger partial charge is 0.368 e. The van der Waals surface area contributed by atoms with Crippen LogP contribution in [0.2, 0.25) is 0 Å². The zero-order valence-corrected chi connectivity index (χ0v) is 60.5. The van der Waals surface area contributed by atoms with Crippen molar-refractivity contribution in [2.45, 2.75) is 157 Å². The molecule has 27 heteroatoms. The molecule has 3 aliphatic heterocycles. The first-order valence-electron chi connectivity index (χ1n) is 38.3. The van der Waals surface area contributed by atoms with E-state index in [1.165, 1.54) is 137 Å². The number of anilines is 9. The maximum absolute atomic E-state index is 11.9. The molecule has 9 heterocycles. The second-order valence-corrected chi connectivity index (χ2v) is 29.7. The molecule has 8 aliphatic rings. The third-order valence-electron chi connectivity index (χ3n) is 23.2. The van der Waals surface area contributed by atoms with Crippen LogP contribution in [0.15, 0.2) is 146 Å². The van der Waals surface area contributed by atoms with E-state index in [1.54, 1.807) is 23.3 Å². The maximum Gasteiger partial charge on any atom is 0.248 e. The van der Waals surface area contributed by atoms with Crippen LogP contribution in [0.5, 0.6) is 0 Å². The molecule has 550 valence electrons. The smallest absolute Gasteiger partial charge is 0.248 e.